The van der Waals surface area contributed by atoms with Crippen molar-refractivity contribution < 1.29 is 9.53 Å². The number of benzene rings is 2. The zero-order chi connectivity index (χ0) is 16.2. The van der Waals surface area contributed by atoms with Gasteiger partial charge in [-0.15, -0.1) is 0 Å². The van der Waals surface area contributed by atoms with Gasteiger partial charge in [-0.25, -0.2) is 0 Å². The molecule has 0 saturated carbocycles. The molecule has 0 aromatic heterocycles. The van der Waals surface area contributed by atoms with Crippen molar-refractivity contribution >= 4 is 23.2 Å². The summed E-state index contributed by atoms with van der Waals surface area (Å²) in [5.74, 6) is -0.405. The van der Waals surface area contributed by atoms with Gasteiger partial charge in [0.2, 0.25) is 5.91 Å². The zero-order valence-corrected chi connectivity index (χ0v) is 13.6. The van der Waals surface area contributed by atoms with Crippen LogP contribution < -0.4 is 10.6 Å². The summed E-state index contributed by atoms with van der Waals surface area (Å²) >= 11 is 5.95. The summed E-state index contributed by atoms with van der Waals surface area (Å²) in [7, 11) is 0. The van der Waals surface area contributed by atoms with Crippen LogP contribution in [0.2, 0.25) is 5.02 Å². The molecular formula is C18H19ClN2O2. The Kier molecular flexibility index (Phi) is 4.84. The number of amides is 1. The van der Waals surface area contributed by atoms with E-state index in [1.165, 1.54) is 11.1 Å². The Bertz CT molecular complexity index is 695. The van der Waals surface area contributed by atoms with Gasteiger partial charge in [-0.3, -0.25) is 4.79 Å². The number of anilines is 1. The lowest BCUT2D eigenvalue weighted by molar-refractivity contribution is 0.100. The number of ether oxygens (including phenoxy) is 1. The van der Waals surface area contributed by atoms with Crippen molar-refractivity contribution in [3.8, 4) is 0 Å². The maximum Gasteiger partial charge on any atom is 0.248 e. The lowest BCUT2D eigenvalue weighted by atomic mass is 10.00. The number of halogens is 1. The summed E-state index contributed by atoms with van der Waals surface area (Å²) in [6.07, 6.45) is 0.781. The molecule has 1 heterocycles. The molecule has 23 heavy (non-hydrogen) atoms. The Balaban J connectivity index is 1.93. The number of rotatable bonds is 4. The van der Waals surface area contributed by atoms with Crippen LogP contribution in [0, 0.1) is 0 Å². The second kappa shape index (κ2) is 7.02. The van der Waals surface area contributed by atoms with E-state index in [2.05, 4.69) is 4.90 Å². The highest BCUT2D eigenvalue weighted by molar-refractivity contribution is 6.30. The first-order chi connectivity index (χ1) is 11.1. The lowest BCUT2D eigenvalue weighted by Crippen LogP contribution is -2.37. The fraction of sp³-hybridized carbons (Fsp3) is 0.278. The minimum absolute atomic E-state index is 0.405. The van der Waals surface area contributed by atoms with Crippen LogP contribution >= 0.6 is 11.6 Å². The summed E-state index contributed by atoms with van der Waals surface area (Å²) in [6, 6.07) is 13.5. The summed E-state index contributed by atoms with van der Waals surface area (Å²) < 4.78 is 5.42. The van der Waals surface area contributed by atoms with E-state index in [0.29, 0.717) is 18.8 Å². The molecule has 0 aliphatic carbocycles. The second-order valence-corrected chi connectivity index (χ2v) is 6.05. The number of hydrogen-bond donors (Lipinski definition) is 1. The molecule has 1 aliphatic rings. The van der Waals surface area contributed by atoms with E-state index in [1.54, 1.807) is 6.07 Å². The van der Waals surface area contributed by atoms with E-state index in [-0.39, 0.29) is 0 Å². The average Bonchev–Trinajstić information content (AvgIpc) is 2.58. The fourth-order valence-electron chi connectivity index (χ4n) is 2.79. The van der Waals surface area contributed by atoms with E-state index in [0.717, 1.165) is 30.2 Å². The summed E-state index contributed by atoms with van der Waals surface area (Å²) in [5.41, 5.74) is 9.37. The molecule has 0 radical (unpaired) electrons. The van der Waals surface area contributed by atoms with Gasteiger partial charge in [-0.2, -0.15) is 0 Å². The molecule has 3 rings (SSSR count). The van der Waals surface area contributed by atoms with Crippen LogP contribution in [-0.2, 0) is 11.2 Å². The van der Waals surface area contributed by atoms with Gasteiger partial charge in [0.05, 0.1) is 13.2 Å². The molecular weight excluding hydrogens is 312 g/mol. The highest BCUT2D eigenvalue weighted by atomic mass is 35.5. The molecule has 1 aliphatic heterocycles. The average molecular weight is 331 g/mol. The van der Waals surface area contributed by atoms with Crippen LogP contribution in [0.25, 0.3) is 0 Å². The van der Waals surface area contributed by atoms with Crippen LogP contribution in [-0.4, -0.2) is 32.2 Å². The van der Waals surface area contributed by atoms with Crippen LogP contribution in [0.4, 0.5) is 5.69 Å². The van der Waals surface area contributed by atoms with Crippen molar-refractivity contribution in [3.63, 3.8) is 0 Å². The van der Waals surface area contributed by atoms with Gasteiger partial charge in [0, 0.05) is 29.4 Å². The lowest BCUT2D eigenvalue weighted by Gasteiger charge is -2.31. The predicted octanol–water partition coefficient (Wildman–Crippen LogP) is 2.87. The molecule has 2 aromatic carbocycles. The summed E-state index contributed by atoms with van der Waals surface area (Å²) in [4.78, 5) is 13.8. The molecule has 1 saturated heterocycles. The van der Waals surface area contributed by atoms with Gasteiger partial charge in [0.25, 0.3) is 0 Å². The van der Waals surface area contributed by atoms with Crippen LogP contribution in [0.3, 0.4) is 0 Å². The largest absolute Gasteiger partial charge is 0.378 e. The van der Waals surface area contributed by atoms with Crippen LogP contribution in [0.5, 0.6) is 0 Å². The molecule has 0 bridgehead atoms. The first-order valence-corrected chi connectivity index (χ1v) is 8.01. The smallest absolute Gasteiger partial charge is 0.248 e. The number of hydrogen-bond acceptors (Lipinski definition) is 3. The van der Waals surface area contributed by atoms with E-state index >= 15 is 0 Å². The van der Waals surface area contributed by atoms with Crippen molar-refractivity contribution in [1.29, 1.82) is 0 Å². The van der Waals surface area contributed by atoms with Crippen molar-refractivity contribution in [1.82, 2.24) is 0 Å². The fourth-order valence-corrected chi connectivity index (χ4v) is 2.91. The molecule has 1 amide bonds. The normalized spacial score (nSPS) is 14.7. The topological polar surface area (TPSA) is 55.6 Å². The minimum Gasteiger partial charge on any atom is -0.378 e. The number of carbonyl (C=O) groups is 1. The Hall–Kier alpha value is -2.04. The maximum absolute atomic E-state index is 11.5. The van der Waals surface area contributed by atoms with Crippen molar-refractivity contribution in [2.45, 2.75) is 6.42 Å². The Labute approximate surface area is 140 Å². The number of primary amides is 1. The summed E-state index contributed by atoms with van der Waals surface area (Å²) in [5, 5.41) is 0.728. The molecule has 2 aromatic rings. The van der Waals surface area contributed by atoms with Gasteiger partial charge >= 0.3 is 0 Å². The van der Waals surface area contributed by atoms with E-state index in [9.17, 15) is 4.79 Å². The highest BCUT2D eigenvalue weighted by Crippen LogP contribution is 2.26. The molecule has 4 nitrogen and oxygen atoms in total. The van der Waals surface area contributed by atoms with Gasteiger partial charge < -0.3 is 15.4 Å². The maximum atomic E-state index is 11.5. The quantitative estimate of drug-likeness (QED) is 0.937. The number of nitrogens with zero attached hydrogens (tertiary/aromatic N) is 1. The third kappa shape index (κ3) is 3.84. The second-order valence-electron chi connectivity index (χ2n) is 5.61. The van der Waals surface area contributed by atoms with Crippen molar-refractivity contribution in [2.75, 3.05) is 31.2 Å². The molecule has 1 fully saturated rings. The third-order valence-corrected chi connectivity index (χ3v) is 4.28. The standard InChI is InChI=1S/C18H19ClN2O2/c19-16-5-1-13(2-6-16)11-14-3-4-15(18(20)22)12-17(14)21-7-9-23-10-8-21/h1-6,12H,7-11H2,(H2,20,22). The van der Waals surface area contributed by atoms with Crippen molar-refractivity contribution in [3.05, 3.63) is 64.2 Å². The molecule has 0 unspecified atom stereocenters. The van der Waals surface area contributed by atoms with Crippen molar-refractivity contribution in [2.24, 2.45) is 5.73 Å². The van der Waals surface area contributed by atoms with E-state index < -0.39 is 5.91 Å². The predicted molar refractivity (Wildman–Crippen MR) is 92.2 cm³/mol. The van der Waals surface area contributed by atoms with Gasteiger partial charge in [-0.1, -0.05) is 29.8 Å². The number of morpholine rings is 1. The number of carbonyl (C=O) groups excluding carboxylic acids is 1. The minimum atomic E-state index is -0.405. The Morgan fingerprint density at radius 1 is 1.13 bits per heavy atom. The highest BCUT2D eigenvalue weighted by Gasteiger charge is 2.16. The van der Waals surface area contributed by atoms with Gasteiger partial charge in [-0.05, 0) is 41.8 Å². The van der Waals surface area contributed by atoms with Crippen LogP contribution in [0.15, 0.2) is 42.5 Å². The molecule has 2 N–H and O–H groups in total. The van der Waals surface area contributed by atoms with E-state index in [4.69, 9.17) is 22.1 Å². The first-order valence-electron chi connectivity index (χ1n) is 7.63. The Morgan fingerprint density at radius 3 is 2.48 bits per heavy atom. The molecule has 0 spiro atoms. The first kappa shape index (κ1) is 15.8. The molecule has 0 atom stereocenters. The van der Waals surface area contributed by atoms with Crippen LogP contribution in [0.1, 0.15) is 21.5 Å². The monoisotopic (exact) mass is 330 g/mol. The third-order valence-electron chi connectivity index (χ3n) is 4.03. The van der Waals surface area contributed by atoms with E-state index in [1.807, 2.05) is 36.4 Å². The number of nitrogens with two attached hydrogens (primary N) is 1. The molecule has 5 heteroatoms. The Morgan fingerprint density at radius 2 is 1.83 bits per heavy atom. The summed E-state index contributed by atoms with van der Waals surface area (Å²) in [6.45, 7) is 3.02. The molecule has 120 valence electrons. The zero-order valence-electron chi connectivity index (χ0n) is 12.8. The van der Waals surface area contributed by atoms with Gasteiger partial charge in [0.15, 0.2) is 0 Å². The van der Waals surface area contributed by atoms with Gasteiger partial charge in [0.1, 0.15) is 0 Å². The SMILES string of the molecule is NC(=O)c1ccc(Cc2ccc(Cl)cc2)c(N2CCOCC2)c1.